The Bertz CT molecular complexity index is 437. The van der Waals surface area contributed by atoms with E-state index in [-0.39, 0.29) is 5.02 Å². The Hall–Kier alpha value is -1.51. The van der Waals surface area contributed by atoms with E-state index in [4.69, 9.17) is 16.8 Å². The zero-order valence-corrected chi connectivity index (χ0v) is 8.71. The van der Waals surface area contributed by atoms with Gasteiger partial charge in [0.1, 0.15) is 0 Å². The monoisotopic (exact) mass is 269 g/mol. The molecule has 0 unspecified atom stereocenters. The van der Waals surface area contributed by atoms with Crippen LogP contribution in [0.25, 0.3) is 0 Å². The fourth-order valence-corrected chi connectivity index (χ4v) is 1.13. The standard InChI is InChI=1S/C8H5ClF3N2O3/c9-4-1-2-5(6(3-4)14(16)17)13-7(15)8(10,11)12/h1-3,16H,(H,13,15)/q-1. The Morgan fingerprint density at radius 3 is 2.53 bits per heavy atom. The maximum Gasteiger partial charge on any atom is 0.471 e. The van der Waals surface area contributed by atoms with Gasteiger partial charge in [-0.3, -0.25) is 10.0 Å². The Kier molecular flexibility index (Phi) is 3.81. The van der Waals surface area contributed by atoms with Crippen LogP contribution < -0.4 is 10.5 Å². The Morgan fingerprint density at radius 1 is 1.47 bits per heavy atom. The molecule has 5 nitrogen and oxygen atoms in total. The summed E-state index contributed by atoms with van der Waals surface area (Å²) in [5, 5.41) is 20.0. The number of alkyl halides is 3. The molecule has 1 rings (SSSR count). The molecule has 0 aliphatic rings. The van der Waals surface area contributed by atoms with Crippen molar-refractivity contribution in [2.45, 2.75) is 6.18 Å². The molecule has 0 aliphatic carbocycles. The summed E-state index contributed by atoms with van der Waals surface area (Å²) >= 11 is 5.48. The van der Waals surface area contributed by atoms with E-state index in [0.717, 1.165) is 18.2 Å². The maximum absolute atomic E-state index is 12.0. The van der Waals surface area contributed by atoms with Crippen molar-refractivity contribution in [3.05, 3.63) is 28.4 Å². The third kappa shape index (κ3) is 3.48. The van der Waals surface area contributed by atoms with Crippen molar-refractivity contribution in [3.8, 4) is 0 Å². The fourth-order valence-electron chi connectivity index (χ4n) is 0.962. The first-order valence-electron chi connectivity index (χ1n) is 4.05. The van der Waals surface area contributed by atoms with Crippen molar-refractivity contribution in [2.75, 3.05) is 10.5 Å². The van der Waals surface area contributed by atoms with Crippen molar-refractivity contribution in [1.82, 2.24) is 0 Å². The highest BCUT2D eigenvalue weighted by Gasteiger charge is 2.39. The van der Waals surface area contributed by atoms with Crippen molar-refractivity contribution < 1.29 is 23.2 Å². The molecule has 1 aromatic rings. The van der Waals surface area contributed by atoms with E-state index in [2.05, 4.69) is 0 Å². The minimum Gasteiger partial charge on any atom is -0.733 e. The molecule has 0 atom stereocenters. The van der Waals surface area contributed by atoms with Crippen molar-refractivity contribution in [2.24, 2.45) is 0 Å². The Labute approximate surface area is 97.9 Å². The molecule has 0 spiro atoms. The number of rotatable bonds is 2. The van der Waals surface area contributed by atoms with Crippen LogP contribution in [0.5, 0.6) is 0 Å². The predicted molar refractivity (Wildman–Crippen MR) is 53.8 cm³/mol. The lowest BCUT2D eigenvalue weighted by Crippen LogP contribution is -2.30. The first-order chi connectivity index (χ1) is 7.71. The average molecular weight is 270 g/mol. The van der Waals surface area contributed by atoms with E-state index in [9.17, 15) is 23.2 Å². The number of halogens is 4. The lowest BCUT2D eigenvalue weighted by atomic mass is 10.2. The summed E-state index contributed by atoms with van der Waals surface area (Å²) in [7, 11) is 0. The summed E-state index contributed by atoms with van der Waals surface area (Å²) in [6.07, 6.45) is -5.10. The molecule has 1 amide bonds. The third-order valence-corrected chi connectivity index (χ3v) is 1.91. The van der Waals surface area contributed by atoms with Crippen molar-refractivity contribution in [3.63, 3.8) is 0 Å². The molecule has 0 bridgehead atoms. The van der Waals surface area contributed by atoms with Gasteiger partial charge in [0.05, 0.1) is 11.4 Å². The van der Waals surface area contributed by atoms with Gasteiger partial charge in [-0.1, -0.05) is 11.6 Å². The second kappa shape index (κ2) is 4.78. The highest BCUT2D eigenvalue weighted by Crippen LogP contribution is 2.29. The van der Waals surface area contributed by atoms with Gasteiger partial charge >= 0.3 is 12.1 Å². The topological polar surface area (TPSA) is 75.6 Å². The van der Waals surface area contributed by atoms with Crippen LogP contribution in [0, 0.1) is 5.21 Å². The third-order valence-electron chi connectivity index (χ3n) is 1.67. The summed E-state index contributed by atoms with van der Waals surface area (Å²) < 4.78 is 35.9. The maximum atomic E-state index is 12.0. The van der Waals surface area contributed by atoms with Crippen LogP contribution in [0.3, 0.4) is 0 Å². The van der Waals surface area contributed by atoms with Gasteiger partial charge in [-0.2, -0.15) is 13.2 Å². The molecule has 17 heavy (non-hydrogen) atoms. The van der Waals surface area contributed by atoms with Crippen LogP contribution in [-0.2, 0) is 4.79 Å². The summed E-state index contributed by atoms with van der Waals surface area (Å²) in [6, 6.07) is 3.02. The van der Waals surface area contributed by atoms with Gasteiger partial charge in [0.2, 0.25) is 0 Å². The molecule has 2 N–H and O–H groups in total. The van der Waals surface area contributed by atoms with Gasteiger partial charge in [0, 0.05) is 5.02 Å². The highest BCUT2D eigenvalue weighted by molar-refractivity contribution is 6.31. The van der Waals surface area contributed by atoms with Crippen molar-refractivity contribution in [1.29, 1.82) is 0 Å². The largest absolute Gasteiger partial charge is 0.733 e. The van der Waals surface area contributed by atoms with Crippen molar-refractivity contribution >= 4 is 28.9 Å². The van der Waals surface area contributed by atoms with E-state index >= 15 is 0 Å². The molecule has 0 radical (unpaired) electrons. The van der Waals surface area contributed by atoms with Crippen LogP contribution in [0.4, 0.5) is 24.5 Å². The van der Waals surface area contributed by atoms with Crippen LogP contribution in [0.1, 0.15) is 0 Å². The van der Waals surface area contributed by atoms with E-state index in [0.29, 0.717) is 0 Å². The number of nitrogens with one attached hydrogen (secondary N) is 1. The number of carbonyl (C=O) groups is 1. The molecule has 9 heteroatoms. The molecule has 0 aliphatic heterocycles. The number of benzene rings is 1. The second-order valence-corrected chi connectivity index (χ2v) is 3.32. The average Bonchev–Trinajstić information content (AvgIpc) is 2.18. The van der Waals surface area contributed by atoms with Crippen LogP contribution in [-0.4, -0.2) is 17.3 Å². The molecular formula is C8H5ClF3N2O3-. The number of hydrogen-bond donors (Lipinski definition) is 2. The lowest BCUT2D eigenvalue weighted by Gasteiger charge is -2.25. The molecule has 0 aromatic heterocycles. The van der Waals surface area contributed by atoms with Gasteiger partial charge in [0.15, 0.2) is 0 Å². The number of carbonyl (C=O) groups excluding carboxylic acids is 1. The Balaban J connectivity index is 3.03. The number of anilines is 2. The molecule has 0 saturated heterocycles. The molecule has 0 heterocycles. The minimum absolute atomic E-state index is 0.0138. The predicted octanol–water partition coefficient (Wildman–Crippen LogP) is 2.53. The zero-order chi connectivity index (χ0) is 13.2. The first-order valence-corrected chi connectivity index (χ1v) is 4.43. The smallest absolute Gasteiger partial charge is 0.471 e. The lowest BCUT2D eigenvalue weighted by molar-refractivity contribution is -0.167. The van der Waals surface area contributed by atoms with E-state index in [1.807, 2.05) is 0 Å². The minimum atomic E-state index is -5.10. The summed E-state index contributed by atoms with van der Waals surface area (Å²) in [6.45, 7) is 0. The van der Waals surface area contributed by atoms with E-state index in [1.165, 1.54) is 5.32 Å². The van der Waals surface area contributed by atoms with Gasteiger partial charge < -0.3 is 15.8 Å². The second-order valence-electron chi connectivity index (χ2n) is 2.89. The summed E-state index contributed by atoms with van der Waals surface area (Å²) in [4.78, 5) is 10.6. The zero-order valence-electron chi connectivity index (χ0n) is 7.95. The molecule has 0 saturated carbocycles. The fraction of sp³-hybridized carbons (Fsp3) is 0.125. The number of hydrogen-bond acceptors (Lipinski definition) is 4. The number of amides is 1. The quantitative estimate of drug-likeness (QED) is 0.809. The van der Waals surface area contributed by atoms with Crippen LogP contribution in [0.15, 0.2) is 18.2 Å². The first kappa shape index (κ1) is 13.6. The highest BCUT2D eigenvalue weighted by atomic mass is 35.5. The van der Waals surface area contributed by atoms with Gasteiger partial charge in [-0.05, 0) is 18.2 Å². The van der Waals surface area contributed by atoms with Gasteiger partial charge in [-0.15, -0.1) is 0 Å². The van der Waals surface area contributed by atoms with Gasteiger partial charge in [0.25, 0.3) is 0 Å². The number of nitrogens with zero attached hydrogens (tertiary/aromatic N) is 1. The van der Waals surface area contributed by atoms with Gasteiger partial charge in [-0.25, -0.2) is 0 Å². The van der Waals surface area contributed by atoms with E-state index in [1.54, 1.807) is 0 Å². The molecule has 1 aromatic carbocycles. The molecule has 94 valence electrons. The molecule has 0 fully saturated rings. The van der Waals surface area contributed by atoms with Crippen LogP contribution >= 0.6 is 11.6 Å². The molecular weight excluding hydrogens is 265 g/mol. The summed E-state index contributed by atoms with van der Waals surface area (Å²) in [5.74, 6) is -2.26. The van der Waals surface area contributed by atoms with Crippen LogP contribution in [0.2, 0.25) is 5.02 Å². The summed E-state index contributed by atoms with van der Waals surface area (Å²) in [5.41, 5.74) is -1.11. The normalized spacial score (nSPS) is 11.2. The van der Waals surface area contributed by atoms with E-state index < -0.39 is 28.7 Å². The Morgan fingerprint density at radius 2 is 2.06 bits per heavy atom. The SMILES string of the molecule is O=C(Nc1ccc(Cl)cc1N([O-])O)C(F)(F)F.